The molecular weight excluding hydrogens is 399 g/mol. The first-order valence-corrected chi connectivity index (χ1v) is 8.36. The third kappa shape index (κ3) is 5.12. The Kier molecular flexibility index (Phi) is 6.49. The van der Waals surface area contributed by atoms with Gasteiger partial charge in [-0.2, -0.15) is 0 Å². The van der Waals surface area contributed by atoms with Crippen LogP contribution in [0.1, 0.15) is 15.9 Å². The average Bonchev–Trinajstić information content (AvgIpc) is 2.64. The standard InChI is InChI=1S/C18H13Cl3N2O3/c1-23-15-5-3-4-12(9-15)13-6-11(7-14(8-13)16(24)25-2)10-26-17(22)18(19,20)21/h3-9,22H,10H2,2H3. The van der Waals surface area contributed by atoms with Crippen molar-refractivity contribution in [3.05, 3.63) is 65.0 Å². The molecule has 8 heteroatoms. The largest absolute Gasteiger partial charge is 0.473 e. The average molecular weight is 412 g/mol. The molecule has 1 N–H and O–H groups in total. The van der Waals surface area contributed by atoms with Gasteiger partial charge in [-0.3, -0.25) is 5.41 Å². The monoisotopic (exact) mass is 410 g/mol. The highest BCUT2D eigenvalue weighted by molar-refractivity contribution is 6.76. The van der Waals surface area contributed by atoms with Gasteiger partial charge >= 0.3 is 5.97 Å². The molecule has 0 spiro atoms. The Bertz CT molecular complexity index is 886. The molecule has 0 bridgehead atoms. The number of halogens is 3. The number of nitrogens with one attached hydrogen (secondary N) is 1. The molecule has 0 atom stereocenters. The number of carbonyl (C=O) groups is 1. The molecule has 0 aliphatic rings. The molecule has 0 aromatic heterocycles. The molecule has 26 heavy (non-hydrogen) atoms. The van der Waals surface area contributed by atoms with E-state index in [2.05, 4.69) is 4.85 Å². The van der Waals surface area contributed by atoms with Crippen LogP contribution in [0.25, 0.3) is 16.0 Å². The van der Waals surface area contributed by atoms with Gasteiger partial charge in [0.05, 0.1) is 19.2 Å². The van der Waals surface area contributed by atoms with E-state index in [0.29, 0.717) is 22.4 Å². The summed E-state index contributed by atoms with van der Waals surface area (Å²) in [6.07, 6.45) is 0. The predicted octanol–water partition coefficient (Wildman–Crippen LogP) is 5.56. The second-order valence-electron chi connectivity index (χ2n) is 5.19. The van der Waals surface area contributed by atoms with Gasteiger partial charge in [-0.25, -0.2) is 9.64 Å². The Morgan fingerprint density at radius 2 is 1.92 bits per heavy atom. The zero-order valence-corrected chi connectivity index (χ0v) is 15.8. The normalized spacial score (nSPS) is 10.7. The van der Waals surface area contributed by atoms with Gasteiger partial charge in [0.15, 0.2) is 5.69 Å². The molecule has 2 aromatic carbocycles. The van der Waals surface area contributed by atoms with Crippen molar-refractivity contribution in [3.8, 4) is 11.1 Å². The first-order chi connectivity index (χ1) is 12.2. The summed E-state index contributed by atoms with van der Waals surface area (Å²) in [5.74, 6) is -1.05. The van der Waals surface area contributed by atoms with E-state index >= 15 is 0 Å². The fourth-order valence-electron chi connectivity index (χ4n) is 2.17. The lowest BCUT2D eigenvalue weighted by Gasteiger charge is -2.15. The first-order valence-electron chi connectivity index (χ1n) is 7.23. The summed E-state index contributed by atoms with van der Waals surface area (Å²) in [5, 5.41) is 7.59. The minimum absolute atomic E-state index is 0.0763. The molecular formula is C18H13Cl3N2O3. The summed E-state index contributed by atoms with van der Waals surface area (Å²) in [7, 11) is 1.28. The fraction of sp³-hybridized carbons (Fsp3) is 0.167. The lowest BCUT2D eigenvalue weighted by Crippen LogP contribution is -2.21. The summed E-state index contributed by atoms with van der Waals surface area (Å²) >= 11 is 16.8. The molecule has 0 saturated heterocycles. The summed E-state index contributed by atoms with van der Waals surface area (Å²) in [6.45, 7) is 7.05. The second-order valence-corrected chi connectivity index (χ2v) is 7.47. The number of hydrogen-bond donors (Lipinski definition) is 1. The highest BCUT2D eigenvalue weighted by atomic mass is 35.6. The number of esters is 1. The van der Waals surface area contributed by atoms with Crippen molar-refractivity contribution in [2.45, 2.75) is 10.4 Å². The van der Waals surface area contributed by atoms with Crippen LogP contribution in [0, 0.1) is 12.0 Å². The SMILES string of the molecule is [C-]#[N+]c1cccc(-c2cc(COC(=N)C(Cl)(Cl)Cl)cc(C(=O)OC)c2)c1. The maximum Gasteiger partial charge on any atom is 0.337 e. The van der Waals surface area contributed by atoms with E-state index in [1.807, 2.05) is 6.07 Å². The summed E-state index contributed by atoms with van der Waals surface area (Å²) in [6, 6.07) is 11.9. The Balaban J connectivity index is 2.41. The van der Waals surface area contributed by atoms with Crippen LogP contribution < -0.4 is 0 Å². The van der Waals surface area contributed by atoms with Gasteiger partial charge in [-0.05, 0) is 41.0 Å². The third-order valence-corrected chi connectivity index (χ3v) is 3.88. The van der Waals surface area contributed by atoms with Gasteiger partial charge in [-0.1, -0.05) is 53.0 Å². The summed E-state index contributed by atoms with van der Waals surface area (Å²) in [5.41, 5.74) is 2.80. The predicted molar refractivity (Wildman–Crippen MR) is 102 cm³/mol. The number of ether oxygens (including phenoxy) is 2. The van der Waals surface area contributed by atoms with E-state index in [1.165, 1.54) is 7.11 Å². The van der Waals surface area contributed by atoms with Crippen molar-refractivity contribution in [2.75, 3.05) is 7.11 Å². The molecule has 2 aromatic rings. The Hall–Kier alpha value is -2.26. The molecule has 5 nitrogen and oxygen atoms in total. The molecule has 0 radical (unpaired) electrons. The smallest absolute Gasteiger partial charge is 0.337 e. The maximum atomic E-state index is 12.0. The first kappa shape index (κ1) is 20.1. The van der Waals surface area contributed by atoms with Crippen molar-refractivity contribution in [2.24, 2.45) is 0 Å². The van der Waals surface area contributed by atoms with Crippen LogP contribution in [0.3, 0.4) is 0 Å². The molecule has 2 rings (SSSR count). The zero-order valence-electron chi connectivity index (χ0n) is 13.6. The van der Waals surface area contributed by atoms with Gasteiger partial charge in [0.2, 0.25) is 5.90 Å². The number of hydrogen-bond acceptors (Lipinski definition) is 4. The van der Waals surface area contributed by atoms with Crippen molar-refractivity contribution in [1.82, 2.24) is 0 Å². The molecule has 0 heterocycles. The van der Waals surface area contributed by atoms with Gasteiger partial charge in [0.25, 0.3) is 3.79 Å². The third-order valence-electron chi connectivity index (χ3n) is 3.36. The maximum absolute atomic E-state index is 12.0. The molecule has 0 aliphatic heterocycles. The lowest BCUT2D eigenvalue weighted by molar-refractivity contribution is 0.0600. The highest BCUT2D eigenvalue weighted by Gasteiger charge is 2.28. The van der Waals surface area contributed by atoms with Gasteiger partial charge in [0.1, 0.15) is 6.61 Å². The van der Waals surface area contributed by atoms with Crippen LogP contribution in [0.15, 0.2) is 42.5 Å². The molecule has 0 amide bonds. The number of nitrogens with zero attached hydrogens (tertiary/aromatic N) is 1. The molecule has 0 unspecified atom stereocenters. The van der Waals surface area contributed by atoms with E-state index in [-0.39, 0.29) is 6.61 Å². The van der Waals surface area contributed by atoms with E-state index in [9.17, 15) is 4.79 Å². The number of carbonyl (C=O) groups excluding carboxylic acids is 1. The van der Waals surface area contributed by atoms with Crippen molar-refractivity contribution in [3.63, 3.8) is 0 Å². The quantitative estimate of drug-likeness (QED) is 0.236. The van der Waals surface area contributed by atoms with Crippen LogP contribution in [0.4, 0.5) is 5.69 Å². The lowest BCUT2D eigenvalue weighted by atomic mass is 9.99. The van der Waals surface area contributed by atoms with E-state index in [4.69, 9.17) is 56.3 Å². The van der Waals surface area contributed by atoms with Crippen LogP contribution in [0.2, 0.25) is 0 Å². The molecule has 0 fully saturated rings. The Labute approximate surface area is 165 Å². The van der Waals surface area contributed by atoms with Gasteiger partial charge in [-0.15, -0.1) is 0 Å². The minimum Gasteiger partial charge on any atom is -0.473 e. The topological polar surface area (TPSA) is 63.7 Å². The van der Waals surface area contributed by atoms with Crippen molar-refractivity contribution >= 4 is 52.4 Å². The van der Waals surface area contributed by atoms with Crippen molar-refractivity contribution < 1.29 is 14.3 Å². The van der Waals surface area contributed by atoms with Crippen LogP contribution in [-0.4, -0.2) is 22.8 Å². The molecule has 0 aliphatic carbocycles. The van der Waals surface area contributed by atoms with Crippen LogP contribution in [-0.2, 0) is 16.1 Å². The number of alkyl halides is 3. The highest BCUT2D eigenvalue weighted by Crippen LogP contribution is 2.29. The second kappa shape index (κ2) is 8.41. The Morgan fingerprint density at radius 3 is 2.54 bits per heavy atom. The van der Waals surface area contributed by atoms with Crippen LogP contribution >= 0.6 is 34.8 Å². The number of methoxy groups -OCH3 is 1. The number of rotatable bonds is 4. The van der Waals surface area contributed by atoms with Gasteiger partial charge in [0, 0.05) is 0 Å². The van der Waals surface area contributed by atoms with E-state index in [1.54, 1.807) is 36.4 Å². The minimum atomic E-state index is -1.97. The van der Waals surface area contributed by atoms with E-state index in [0.717, 1.165) is 5.56 Å². The summed E-state index contributed by atoms with van der Waals surface area (Å²) in [4.78, 5) is 15.4. The summed E-state index contributed by atoms with van der Waals surface area (Å²) < 4.78 is 7.99. The fourth-order valence-corrected chi connectivity index (χ4v) is 2.33. The van der Waals surface area contributed by atoms with E-state index < -0.39 is 15.7 Å². The molecule has 134 valence electrons. The van der Waals surface area contributed by atoms with Crippen molar-refractivity contribution in [1.29, 1.82) is 5.41 Å². The van der Waals surface area contributed by atoms with Crippen LogP contribution in [0.5, 0.6) is 0 Å². The van der Waals surface area contributed by atoms with Gasteiger partial charge < -0.3 is 9.47 Å². The molecule has 0 saturated carbocycles. The Morgan fingerprint density at radius 1 is 1.19 bits per heavy atom. The zero-order chi connectivity index (χ0) is 19.3. The number of benzene rings is 2.